The molecule has 2 amide bonds. The van der Waals surface area contributed by atoms with E-state index in [9.17, 15) is 9.59 Å². The van der Waals surface area contributed by atoms with Crippen molar-refractivity contribution < 1.29 is 9.59 Å². The molecule has 0 bridgehead atoms. The quantitative estimate of drug-likeness (QED) is 0.584. The number of fused-ring (bicyclic) bond motifs is 1. The van der Waals surface area contributed by atoms with Gasteiger partial charge in [-0.15, -0.1) is 0 Å². The molecular formula is C16H30N2O2Si2. The van der Waals surface area contributed by atoms with Crippen molar-refractivity contribution in [3.8, 4) is 0 Å². The third-order valence-electron chi connectivity index (χ3n) is 6.26. The predicted molar refractivity (Wildman–Crippen MR) is 93.5 cm³/mol. The molecule has 3 fully saturated rings. The summed E-state index contributed by atoms with van der Waals surface area (Å²) in [6.45, 7) is 11.6. The molecule has 0 spiro atoms. The molecule has 2 atom stereocenters. The third kappa shape index (κ3) is 2.63. The van der Waals surface area contributed by atoms with E-state index >= 15 is 0 Å². The second-order valence-electron chi connectivity index (χ2n) is 8.60. The molecular weight excluding hydrogens is 308 g/mol. The molecule has 6 heteroatoms. The van der Waals surface area contributed by atoms with Crippen LogP contribution < -0.4 is 0 Å². The highest BCUT2D eigenvalue weighted by Gasteiger charge is 2.50. The minimum atomic E-state index is -1.23. The van der Waals surface area contributed by atoms with E-state index in [0.29, 0.717) is 6.54 Å². The van der Waals surface area contributed by atoms with Gasteiger partial charge in [-0.25, -0.2) is 0 Å². The van der Waals surface area contributed by atoms with Gasteiger partial charge in [-0.3, -0.25) is 14.5 Å². The Morgan fingerprint density at radius 1 is 0.909 bits per heavy atom. The maximum Gasteiger partial charge on any atom is 0.233 e. The van der Waals surface area contributed by atoms with Crippen LogP contribution in [0.2, 0.25) is 38.3 Å². The summed E-state index contributed by atoms with van der Waals surface area (Å²) in [6.07, 6.45) is 3.87. The smallest absolute Gasteiger partial charge is 0.233 e. The average molecular weight is 339 g/mol. The fraction of sp³-hybridized carbons (Fsp3) is 0.875. The van der Waals surface area contributed by atoms with Gasteiger partial charge >= 0.3 is 0 Å². The molecule has 2 saturated heterocycles. The van der Waals surface area contributed by atoms with Crippen molar-refractivity contribution in [1.29, 1.82) is 0 Å². The Hall–Kier alpha value is -0.466. The molecule has 1 saturated carbocycles. The maximum atomic E-state index is 12.4. The van der Waals surface area contributed by atoms with E-state index < -0.39 is 16.5 Å². The molecule has 2 unspecified atom stereocenters. The van der Waals surface area contributed by atoms with Crippen LogP contribution >= 0.6 is 0 Å². The molecule has 2 aliphatic heterocycles. The highest BCUT2D eigenvalue weighted by molar-refractivity contribution is 6.95. The van der Waals surface area contributed by atoms with E-state index in [0.717, 1.165) is 32.2 Å². The van der Waals surface area contributed by atoms with Gasteiger partial charge < -0.3 is 4.23 Å². The number of carbonyl (C=O) groups excluding carboxylic acids is 2. The SMILES string of the molecule is C[Si]1(C)CC[Si](C)(C)N1CCCN1C(=O)C2CCCC2C1=O. The molecule has 0 N–H and O–H groups in total. The molecule has 2 heterocycles. The fourth-order valence-electron chi connectivity index (χ4n) is 4.97. The summed E-state index contributed by atoms with van der Waals surface area (Å²) in [4.78, 5) is 26.4. The van der Waals surface area contributed by atoms with Crippen LogP contribution in [-0.2, 0) is 9.59 Å². The summed E-state index contributed by atoms with van der Waals surface area (Å²) in [5.74, 6) is 0.302. The minimum absolute atomic E-state index is 0.0240. The lowest BCUT2D eigenvalue weighted by molar-refractivity contribution is -0.140. The Bertz CT molecular complexity index is 455. The van der Waals surface area contributed by atoms with Gasteiger partial charge in [-0.1, -0.05) is 32.6 Å². The molecule has 0 aromatic heterocycles. The topological polar surface area (TPSA) is 40.6 Å². The van der Waals surface area contributed by atoms with Crippen molar-refractivity contribution in [3.63, 3.8) is 0 Å². The van der Waals surface area contributed by atoms with Crippen LogP contribution in [0.15, 0.2) is 0 Å². The van der Waals surface area contributed by atoms with E-state index in [1.165, 1.54) is 12.1 Å². The Morgan fingerprint density at radius 2 is 1.41 bits per heavy atom. The fourth-order valence-corrected chi connectivity index (χ4v) is 19.2. The molecule has 0 aromatic rings. The first-order valence-corrected chi connectivity index (χ1v) is 15.2. The van der Waals surface area contributed by atoms with Crippen LogP contribution in [0.3, 0.4) is 0 Å². The van der Waals surface area contributed by atoms with E-state index in [1.54, 1.807) is 4.90 Å². The normalized spacial score (nSPS) is 33.7. The monoisotopic (exact) mass is 338 g/mol. The van der Waals surface area contributed by atoms with Gasteiger partial charge in [0.05, 0.1) is 11.8 Å². The van der Waals surface area contributed by atoms with Crippen LogP contribution in [0.1, 0.15) is 25.7 Å². The molecule has 22 heavy (non-hydrogen) atoms. The molecule has 3 rings (SSSR count). The lowest BCUT2D eigenvalue weighted by atomic mass is 10.00. The van der Waals surface area contributed by atoms with Crippen LogP contribution in [0.4, 0.5) is 0 Å². The molecule has 0 radical (unpaired) electrons. The predicted octanol–water partition coefficient (Wildman–Crippen LogP) is 2.89. The summed E-state index contributed by atoms with van der Waals surface area (Å²) in [7, 11) is -2.46. The number of rotatable bonds is 4. The number of hydrogen-bond acceptors (Lipinski definition) is 3. The van der Waals surface area contributed by atoms with Crippen molar-refractivity contribution in [1.82, 2.24) is 9.13 Å². The van der Waals surface area contributed by atoms with Crippen LogP contribution in [-0.4, -0.2) is 50.5 Å². The van der Waals surface area contributed by atoms with Crippen molar-refractivity contribution >= 4 is 28.3 Å². The third-order valence-corrected chi connectivity index (χ3v) is 16.7. The van der Waals surface area contributed by atoms with Crippen LogP contribution in [0, 0.1) is 11.8 Å². The number of amides is 2. The Balaban J connectivity index is 1.57. The van der Waals surface area contributed by atoms with E-state index in [4.69, 9.17) is 0 Å². The van der Waals surface area contributed by atoms with Gasteiger partial charge in [0.15, 0.2) is 0 Å². The zero-order chi connectivity index (χ0) is 16.1. The van der Waals surface area contributed by atoms with E-state index in [1.807, 2.05) is 0 Å². The highest BCUT2D eigenvalue weighted by Crippen LogP contribution is 2.40. The van der Waals surface area contributed by atoms with Crippen molar-refractivity contribution in [3.05, 3.63) is 0 Å². The molecule has 4 nitrogen and oxygen atoms in total. The van der Waals surface area contributed by atoms with Gasteiger partial charge in [0, 0.05) is 6.54 Å². The number of nitrogens with zero attached hydrogens (tertiary/aromatic N) is 2. The van der Waals surface area contributed by atoms with Gasteiger partial charge in [0.1, 0.15) is 16.5 Å². The first-order valence-electron chi connectivity index (χ1n) is 8.87. The first-order chi connectivity index (χ1) is 10.2. The summed E-state index contributed by atoms with van der Waals surface area (Å²) >= 11 is 0. The van der Waals surface area contributed by atoms with Gasteiger partial charge in [0.25, 0.3) is 0 Å². The second kappa shape index (κ2) is 5.56. The average Bonchev–Trinajstić information content (AvgIpc) is 3.05. The van der Waals surface area contributed by atoms with Gasteiger partial charge in [-0.05, 0) is 37.9 Å². The highest BCUT2D eigenvalue weighted by atomic mass is 28.4. The zero-order valence-corrected chi connectivity index (χ0v) is 16.5. The molecule has 124 valence electrons. The molecule has 1 aliphatic carbocycles. The molecule has 3 aliphatic rings. The second-order valence-corrected chi connectivity index (χ2v) is 18.4. The summed E-state index contributed by atoms with van der Waals surface area (Å²) < 4.78 is 2.84. The maximum absolute atomic E-state index is 12.4. The standard InChI is InChI=1S/C16H30N2O2Si2/c1-21(2)11-12-22(3,4)18(21)10-6-9-17-15(19)13-7-5-8-14(13)16(17)20/h13-14H,5-12H2,1-4H3. The van der Waals surface area contributed by atoms with Crippen molar-refractivity contribution in [2.75, 3.05) is 13.1 Å². The number of likely N-dealkylation sites (tertiary alicyclic amines) is 1. The molecule has 0 aromatic carbocycles. The lowest BCUT2D eigenvalue weighted by Gasteiger charge is -2.39. The Kier molecular flexibility index (Phi) is 4.14. The lowest BCUT2D eigenvalue weighted by Crippen LogP contribution is -2.55. The van der Waals surface area contributed by atoms with Crippen molar-refractivity contribution in [2.24, 2.45) is 11.8 Å². The van der Waals surface area contributed by atoms with Gasteiger partial charge in [-0.2, -0.15) is 0 Å². The first kappa shape index (κ1) is 16.4. The zero-order valence-electron chi connectivity index (χ0n) is 14.5. The number of hydrogen-bond donors (Lipinski definition) is 0. The number of imide groups is 1. The Labute approximate surface area is 136 Å². The summed E-state index contributed by atoms with van der Waals surface area (Å²) in [5, 5.41) is 0. The van der Waals surface area contributed by atoms with Crippen molar-refractivity contribution in [2.45, 2.75) is 64.0 Å². The van der Waals surface area contributed by atoms with Gasteiger partial charge in [0.2, 0.25) is 11.8 Å². The Morgan fingerprint density at radius 3 is 1.91 bits per heavy atom. The minimum Gasteiger partial charge on any atom is -0.345 e. The summed E-state index contributed by atoms with van der Waals surface area (Å²) in [6, 6.07) is 2.83. The van der Waals surface area contributed by atoms with E-state index in [2.05, 4.69) is 30.4 Å². The summed E-state index contributed by atoms with van der Waals surface area (Å²) in [5.41, 5.74) is 0. The van der Waals surface area contributed by atoms with Crippen LogP contribution in [0.25, 0.3) is 0 Å². The van der Waals surface area contributed by atoms with Crippen LogP contribution in [0.5, 0.6) is 0 Å². The largest absolute Gasteiger partial charge is 0.345 e. The number of carbonyl (C=O) groups is 2. The van der Waals surface area contributed by atoms with E-state index in [-0.39, 0.29) is 23.7 Å².